The van der Waals surface area contributed by atoms with Crippen molar-refractivity contribution in [2.24, 2.45) is 5.92 Å². The summed E-state index contributed by atoms with van der Waals surface area (Å²) < 4.78 is 24.9. The average molecular weight is 324 g/mol. The molecule has 116 valence electrons. The number of nitrogens with zero attached hydrogens (tertiary/aromatic N) is 3. The first-order chi connectivity index (χ1) is 10.6. The Bertz CT molecular complexity index is 664. The first-order valence-corrected chi connectivity index (χ1v) is 7.62. The normalized spacial score (nSPS) is 20.8. The van der Waals surface area contributed by atoms with Gasteiger partial charge in [0.05, 0.1) is 6.04 Å². The third-order valence-corrected chi connectivity index (χ3v) is 4.45. The van der Waals surface area contributed by atoms with Gasteiger partial charge in [-0.05, 0) is 11.5 Å². The summed E-state index contributed by atoms with van der Waals surface area (Å²) in [6.45, 7) is 2.69. The van der Waals surface area contributed by atoms with Gasteiger partial charge in [0.2, 0.25) is 5.13 Å². The van der Waals surface area contributed by atoms with Gasteiger partial charge in [0, 0.05) is 6.54 Å². The highest BCUT2D eigenvalue weighted by atomic mass is 32.1. The van der Waals surface area contributed by atoms with Crippen LogP contribution in [0.1, 0.15) is 30.0 Å². The van der Waals surface area contributed by atoms with Gasteiger partial charge in [-0.15, -0.1) is 10.2 Å². The minimum absolute atomic E-state index is 0.0105. The van der Waals surface area contributed by atoms with E-state index in [1.807, 2.05) is 30.3 Å². The van der Waals surface area contributed by atoms with Crippen molar-refractivity contribution in [1.29, 1.82) is 0 Å². The van der Waals surface area contributed by atoms with Crippen LogP contribution in [0, 0.1) is 5.92 Å². The van der Waals surface area contributed by atoms with Crippen molar-refractivity contribution in [3.63, 3.8) is 0 Å². The molecule has 5 nitrogen and oxygen atoms in total. The van der Waals surface area contributed by atoms with Crippen LogP contribution in [0.25, 0.3) is 0 Å². The molecule has 1 aromatic carbocycles. The fourth-order valence-corrected chi connectivity index (χ4v) is 3.19. The lowest BCUT2D eigenvalue weighted by Crippen LogP contribution is -2.53. The number of amides is 2. The Morgan fingerprint density at radius 2 is 2.09 bits per heavy atom. The highest BCUT2D eigenvalue weighted by molar-refractivity contribution is 7.15. The van der Waals surface area contributed by atoms with E-state index in [-0.39, 0.29) is 17.2 Å². The average Bonchev–Trinajstić information content (AvgIpc) is 2.94. The second-order valence-electron chi connectivity index (χ2n) is 5.16. The molecule has 2 heterocycles. The second-order valence-corrected chi connectivity index (χ2v) is 6.17. The van der Waals surface area contributed by atoms with Gasteiger partial charge in [-0.2, -0.15) is 0 Å². The zero-order chi connectivity index (χ0) is 15.7. The Hall–Kier alpha value is -2.09. The van der Waals surface area contributed by atoms with Crippen LogP contribution in [0.3, 0.4) is 0 Å². The maximum absolute atomic E-state index is 12.5. The molecule has 0 saturated carbocycles. The highest BCUT2D eigenvalue weighted by Gasteiger charge is 2.40. The number of carbonyl (C=O) groups excluding carboxylic acids is 1. The minimum atomic E-state index is -2.68. The molecule has 1 aliphatic heterocycles. The van der Waals surface area contributed by atoms with Crippen molar-refractivity contribution in [1.82, 2.24) is 15.1 Å². The summed E-state index contributed by atoms with van der Waals surface area (Å²) in [5, 5.41) is 9.15. The fraction of sp³-hybridized carbons (Fsp3) is 0.357. The number of halogens is 2. The number of rotatable bonds is 3. The van der Waals surface area contributed by atoms with E-state index in [4.69, 9.17) is 0 Å². The number of aromatic nitrogens is 2. The molecular weight excluding hydrogens is 310 g/mol. The predicted octanol–water partition coefficient (Wildman–Crippen LogP) is 3.70. The van der Waals surface area contributed by atoms with Crippen LogP contribution in [0.2, 0.25) is 0 Å². The van der Waals surface area contributed by atoms with Gasteiger partial charge in [0.1, 0.15) is 0 Å². The lowest BCUT2D eigenvalue weighted by molar-refractivity contribution is 0.0671. The Balaban J connectivity index is 1.69. The monoisotopic (exact) mass is 324 g/mol. The quantitative estimate of drug-likeness (QED) is 0.936. The van der Waals surface area contributed by atoms with Crippen molar-refractivity contribution in [3.05, 3.63) is 40.9 Å². The van der Waals surface area contributed by atoms with Crippen LogP contribution < -0.4 is 5.32 Å². The molecule has 0 aliphatic carbocycles. The van der Waals surface area contributed by atoms with Crippen molar-refractivity contribution in [2.75, 3.05) is 11.9 Å². The molecule has 1 aliphatic rings. The van der Waals surface area contributed by atoms with Crippen molar-refractivity contribution >= 4 is 22.5 Å². The van der Waals surface area contributed by atoms with Gasteiger partial charge < -0.3 is 4.90 Å². The SMILES string of the molecule is C[C@H]1CN(C(=O)Nc2nnc(C(F)F)s2)[C@@H]1c1ccccc1. The Labute approximate surface area is 130 Å². The smallest absolute Gasteiger partial charge is 0.317 e. The fourth-order valence-electron chi connectivity index (χ4n) is 2.60. The number of hydrogen-bond acceptors (Lipinski definition) is 4. The lowest BCUT2D eigenvalue weighted by Gasteiger charge is -2.46. The van der Waals surface area contributed by atoms with Crippen LogP contribution in [-0.2, 0) is 0 Å². The zero-order valence-electron chi connectivity index (χ0n) is 11.7. The molecule has 3 rings (SSSR count). The first kappa shape index (κ1) is 14.8. The number of anilines is 1. The molecule has 1 fully saturated rings. The van der Waals surface area contributed by atoms with E-state index in [9.17, 15) is 13.6 Å². The molecule has 1 N–H and O–H groups in total. The summed E-state index contributed by atoms with van der Waals surface area (Å²) in [5.41, 5.74) is 1.06. The maximum atomic E-state index is 12.5. The molecule has 1 aromatic heterocycles. The van der Waals surface area contributed by atoms with Gasteiger partial charge >= 0.3 is 6.03 Å². The summed E-state index contributed by atoms with van der Waals surface area (Å²) in [4.78, 5) is 13.9. The molecule has 22 heavy (non-hydrogen) atoms. The highest BCUT2D eigenvalue weighted by Crippen LogP contribution is 2.38. The number of hydrogen-bond donors (Lipinski definition) is 1. The van der Waals surface area contributed by atoms with E-state index in [0.29, 0.717) is 23.8 Å². The van der Waals surface area contributed by atoms with Crippen molar-refractivity contribution in [2.45, 2.75) is 19.4 Å². The van der Waals surface area contributed by atoms with E-state index < -0.39 is 11.4 Å². The molecule has 0 spiro atoms. The second kappa shape index (κ2) is 5.96. The van der Waals surface area contributed by atoms with Gasteiger partial charge in [-0.1, -0.05) is 48.6 Å². The van der Waals surface area contributed by atoms with Crippen LogP contribution >= 0.6 is 11.3 Å². The van der Waals surface area contributed by atoms with Crippen LogP contribution in [0.4, 0.5) is 18.7 Å². The Morgan fingerprint density at radius 1 is 1.36 bits per heavy atom. The number of carbonyl (C=O) groups is 1. The summed E-state index contributed by atoms with van der Waals surface area (Å²) in [7, 11) is 0. The Morgan fingerprint density at radius 3 is 2.68 bits per heavy atom. The topological polar surface area (TPSA) is 58.1 Å². The van der Waals surface area contributed by atoms with E-state index in [1.165, 1.54) is 0 Å². The number of likely N-dealkylation sites (tertiary alicyclic amines) is 1. The van der Waals surface area contributed by atoms with Gasteiger partial charge in [-0.25, -0.2) is 13.6 Å². The summed E-state index contributed by atoms with van der Waals surface area (Å²) in [6.07, 6.45) is -2.68. The lowest BCUT2D eigenvalue weighted by atomic mass is 9.85. The molecule has 8 heteroatoms. The third kappa shape index (κ3) is 2.78. The first-order valence-electron chi connectivity index (χ1n) is 6.80. The number of alkyl halides is 2. The molecule has 2 amide bonds. The Kier molecular flexibility index (Phi) is 4.02. The van der Waals surface area contributed by atoms with E-state index in [1.54, 1.807) is 4.90 Å². The molecule has 1 saturated heterocycles. The van der Waals surface area contributed by atoms with Gasteiger partial charge in [0.25, 0.3) is 6.43 Å². The largest absolute Gasteiger partial charge is 0.324 e. The molecule has 2 atom stereocenters. The van der Waals surface area contributed by atoms with E-state index >= 15 is 0 Å². The predicted molar refractivity (Wildman–Crippen MR) is 78.9 cm³/mol. The van der Waals surface area contributed by atoms with E-state index in [0.717, 1.165) is 5.56 Å². The third-order valence-electron chi connectivity index (χ3n) is 3.60. The van der Waals surface area contributed by atoms with Crippen molar-refractivity contribution in [3.8, 4) is 0 Å². The molecule has 0 bridgehead atoms. The van der Waals surface area contributed by atoms with Crippen LogP contribution in [-0.4, -0.2) is 27.7 Å². The van der Waals surface area contributed by atoms with Gasteiger partial charge in [-0.3, -0.25) is 5.32 Å². The number of nitrogens with one attached hydrogen (secondary N) is 1. The molecular formula is C14H14F2N4OS. The number of benzene rings is 1. The standard InChI is InChI=1S/C14H14F2N4OS/c1-8-7-20(10(8)9-5-3-2-4-6-9)14(21)17-13-19-18-12(22-13)11(15)16/h2-6,8,10-11H,7H2,1H3,(H,17,19,21)/t8-,10-/m0/s1. The van der Waals surface area contributed by atoms with Crippen molar-refractivity contribution < 1.29 is 13.6 Å². The molecule has 2 aromatic rings. The van der Waals surface area contributed by atoms with Crippen LogP contribution in [0.15, 0.2) is 30.3 Å². The number of urea groups is 1. The molecule has 0 radical (unpaired) electrons. The zero-order valence-corrected chi connectivity index (χ0v) is 12.6. The summed E-state index contributed by atoms with van der Waals surface area (Å²) in [5.74, 6) is 0.346. The summed E-state index contributed by atoms with van der Waals surface area (Å²) in [6, 6.07) is 9.37. The molecule has 0 unspecified atom stereocenters. The summed E-state index contributed by atoms with van der Waals surface area (Å²) >= 11 is 0.688. The minimum Gasteiger partial charge on any atom is -0.317 e. The van der Waals surface area contributed by atoms with E-state index in [2.05, 4.69) is 22.4 Å². The van der Waals surface area contributed by atoms with Crippen LogP contribution in [0.5, 0.6) is 0 Å². The van der Waals surface area contributed by atoms with Gasteiger partial charge in [0.15, 0.2) is 5.01 Å². The maximum Gasteiger partial charge on any atom is 0.324 e.